The van der Waals surface area contributed by atoms with Crippen LogP contribution in [0, 0.1) is 6.92 Å². The lowest BCUT2D eigenvalue weighted by molar-refractivity contribution is 0.426. The fourth-order valence-electron chi connectivity index (χ4n) is 2.38. The largest absolute Gasteiger partial charge is 0.356 e. The van der Waals surface area contributed by atoms with Gasteiger partial charge in [0.2, 0.25) is 5.95 Å². The maximum Gasteiger partial charge on any atom is 0.223 e. The van der Waals surface area contributed by atoms with E-state index in [4.69, 9.17) is 4.52 Å². The molecule has 0 aliphatic rings. The van der Waals surface area contributed by atoms with Crippen LogP contribution in [0.2, 0.25) is 0 Å². The number of rotatable bonds is 5. The molecule has 0 aliphatic carbocycles. The van der Waals surface area contributed by atoms with E-state index in [9.17, 15) is 0 Å². The third-order valence-corrected chi connectivity index (χ3v) is 3.55. The molecule has 0 saturated heterocycles. The van der Waals surface area contributed by atoms with E-state index in [-0.39, 0.29) is 5.92 Å². The summed E-state index contributed by atoms with van der Waals surface area (Å²) < 4.78 is 5.36. The van der Waals surface area contributed by atoms with Crippen molar-refractivity contribution in [3.05, 3.63) is 59.5 Å². The Labute approximate surface area is 135 Å². The van der Waals surface area contributed by atoms with Gasteiger partial charge in [0, 0.05) is 18.8 Å². The van der Waals surface area contributed by atoms with E-state index in [0.717, 1.165) is 17.0 Å². The summed E-state index contributed by atoms with van der Waals surface area (Å²) in [4.78, 5) is 9.08. The predicted octanol–water partition coefficient (Wildman–Crippen LogP) is 4.18. The first-order valence-electron chi connectivity index (χ1n) is 7.72. The van der Waals surface area contributed by atoms with Gasteiger partial charge in [0.15, 0.2) is 5.76 Å². The highest BCUT2D eigenvalue weighted by atomic mass is 16.5. The molecule has 0 spiro atoms. The minimum absolute atomic E-state index is 0.260. The van der Waals surface area contributed by atoms with Gasteiger partial charge in [0.25, 0.3) is 0 Å². The van der Waals surface area contributed by atoms with E-state index in [1.807, 2.05) is 31.2 Å². The van der Waals surface area contributed by atoms with Gasteiger partial charge in [-0.05, 0) is 18.4 Å². The van der Waals surface area contributed by atoms with E-state index in [1.165, 1.54) is 5.56 Å². The van der Waals surface area contributed by atoms with Gasteiger partial charge in [-0.2, -0.15) is 0 Å². The Kier molecular flexibility index (Phi) is 4.37. The van der Waals surface area contributed by atoms with E-state index in [1.54, 1.807) is 6.20 Å². The molecule has 2 aromatic heterocycles. The highest BCUT2D eigenvalue weighted by Crippen LogP contribution is 2.28. The van der Waals surface area contributed by atoms with Gasteiger partial charge in [-0.3, -0.25) is 0 Å². The van der Waals surface area contributed by atoms with Gasteiger partial charge in [0.05, 0.1) is 17.0 Å². The number of nitrogens with zero attached hydrogens (tertiary/aromatic N) is 3. The average Bonchev–Trinajstić information content (AvgIpc) is 3.00. The van der Waals surface area contributed by atoms with Gasteiger partial charge in [-0.15, -0.1) is 0 Å². The molecule has 0 unspecified atom stereocenters. The second-order valence-electron chi connectivity index (χ2n) is 5.82. The first kappa shape index (κ1) is 15.2. The number of aromatic nitrogens is 3. The van der Waals surface area contributed by atoms with Gasteiger partial charge < -0.3 is 9.84 Å². The standard InChI is InChI=1S/C18H20N4O/c1-12(2)17-15(16-9-13(3)22-23-16)11-20-18(21-17)19-10-14-7-5-4-6-8-14/h4-9,11-12H,10H2,1-3H3,(H,19,20,21). The zero-order valence-electron chi connectivity index (χ0n) is 13.6. The predicted molar refractivity (Wildman–Crippen MR) is 90.1 cm³/mol. The van der Waals surface area contributed by atoms with Crippen LogP contribution in [0.1, 0.15) is 36.7 Å². The van der Waals surface area contributed by atoms with Crippen molar-refractivity contribution >= 4 is 5.95 Å². The molecule has 0 amide bonds. The number of nitrogens with one attached hydrogen (secondary N) is 1. The molecule has 0 bridgehead atoms. The molecule has 0 atom stereocenters. The van der Waals surface area contributed by atoms with Crippen LogP contribution >= 0.6 is 0 Å². The normalized spacial score (nSPS) is 11.0. The van der Waals surface area contributed by atoms with Crippen LogP contribution in [0.15, 0.2) is 47.1 Å². The Morgan fingerprint density at radius 3 is 2.61 bits per heavy atom. The molecule has 5 nitrogen and oxygen atoms in total. The quantitative estimate of drug-likeness (QED) is 0.766. The molecule has 0 saturated carbocycles. The molecule has 1 N–H and O–H groups in total. The van der Waals surface area contributed by atoms with E-state index in [2.05, 4.69) is 46.4 Å². The molecule has 0 fully saturated rings. The zero-order chi connectivity index (χ0) is 16.2. The van der Waals surface area contributed by atoms with Gasteiger partial charge in [-0.1, -0.05) is 49.3 Å². The van der Waals surface area contributed by atoms with Crippen molar-refractivity contribution < 1.29 is 4.52 Å². The van der Waals surface area contributed by atoms with Gasteiger partial charge in [-0.25, -0.2) is 9.97 Å². The Balaban J connectivity index is 1.84. The van der Waals surface area contributed by atoms with Crippen molar-refractivity contribution in [1.29, 1.82) is 0 Å². The third kappa shape index (κ3) is 3.56. The number of aryl methyl sites for hydroxylation is 1. The van der Waals surface area contributed by atoms with Crippen LogP contribution in [0.4, 0.5) is 5.95 Å². The smallest absolute Gasteiger partial charge is 0.223 e. The van der Waals surface area contributed by atoms with Gasteiger partial charge in [0.1, 0.15) is 0 Å². The fourth-order valence-corrected chi connectivity index (χ4v) is 2.38. The molecular weight excluding hydrogens is 288 g/mol. The highest BCUT2D eigenvalue weighted by Gasteiger charge is 2.16. The van der Waals surface area contributed by atoms with E-state index < -0.39 is 0 Å². The molecule has 3 rings (SSSR count). The summed E-state index contributed by atoms with van der Waals surface area (Å²) in [6.07, 6.45) is 1.80. The Morgan fingerprint density at radius 1 is 1.17 bits per heavy atom. The van der Waals surface area contributed by atoms with Crippen molar-refractivity contribution in [3.8, 4) is 11.3 Å². The number of hydrogen-bond donors (Lipinski definition) is 1. The summed E-state index contributed by atoms with van der Waals surface area (Å²) in [7, 11) is 0. The number of hydrogen-bond acceptors (Lipinski definition) is 5. The molecule has 2 heterocycles. The summed E-state index contributed by atoms with van der Waals surface area (Å²) in [5.41, 5.74) is 3.88. The van der Waals surface area contributed by atoms with Crippen molar-refractivity contribution in [2.75, 3.05) is 5.32 Å². The van der Waals surface area contributed by atoms with Crippen molar-refractivity contribution in [1.82, 2.24) is 15.1 Å². The number of benzene rings is 1. The molecule has 0 aliphatic heterocycles. The van der Waals surface area contributed by atoms with Crippen LogP contribution in [-0.4, -0.2) is 15.1 Å². The highest BCUT2D eigenvalue weighted by molar-refractivity contribution is 5.61. The molecule has 3 aromatic rings. The van der Waals surface area contributed by atoms with Crippen LogP contribution in [0.5, 0.6) is 0 Å². The Bertz CT molecular complexity index is 781. The Morgan fingerprint density at radius 2 is 1.96 bits per heavy atom. The van der Waals surface area contributed by atoms with Gasteiger partial charge >= 0.3 is 0 Å². The van der Waals surface area contributed by atoms with Crippen molar-refractivity contribution in [2.45, 2.75) is 33.2 Å². The second kappa shape index (κ2) is 6.60. The number of anilines is 1. The lowest BCUT2D eigenvalue weighted by Crippen LogP contribution is -2.07. The molecule has 1 aromatic carbocycles. The van der Waals surface area contributed by atoms with E-state index >= 15 is 0 Å². The minimum atomic E-state index is 0.260. The fraction of sp³-hybridized carbons (Fsp3) is 0.278. The molecule has 118 valence electrons. The second-order valence-corrected chi connectivity index (χ2v) is 5.82. The first-order valence-corrected chi connectivity index (χ1v) is 7.72. The minimum Gasteiger partial charge on any atom is -0.356 e. The maximum atomic E-state index is 5.36. The topological polar surface area (TPSA) is 63.8 Å². The summed E-state index contributed by atoms with van der Waals surface area (Å²) in [5.74, 6) is 1.59. The van der Waals surface area contributed by atoms with Crippen LogP contribution < -0.4 is 5.32 Å². The third-order valence-electron chi connectivity index (χ3n) is 3.55. The van der Waals surface area contributed by atoms with E-state index in [0.29, 0.717) is 18.3 Å². The lowest BCUT2D eigenvalue weighted by Gasteiger charge is -2.12. The SMILES string of the molecule is Cc1cc(-c2cnc(NCc3ccccc3)nc2C(C)C)on1. The molecule has 5 heteroatoms. The summed E-state index contributed by atoms with van der Waals surface area (Å²) >= 11 is 0. The monoisotopic (exact) mass is 308 g/mol. The first-order chi connectivity index (χ1) is 11.1. The summed E-state index contributed by atoms with van der Waals surface area (Å²) in [6, 6.07) is 12.1. The van der Waals surface area contributed by atoms with Crippen molar-refractivity contribution in [2.24, 2.45) is 0 Å². The zero-order valence-corrected chi connectivity index (χ0v) is 13.6. The maximum absolute atomic E-state index is 5.36. The Hall–Kier alpha value is -2.69. The summed E-state index contributed by atoms with van der Waals surface area (Å²) in [5, 5.41) is 7.22. The molecule has 0 radical (unpaired) electrons. The van der Waals surface area contributed by atoms with Crippen LogP contribution in [0.3, 0.4) is 0 Å². The van der Waals surface area contributed by atoms with Crippen LogP contribution in [-0.2, 0) is 6.54 Å². The van der Waals surface area contributed by atoms with Crippen LogP contribution in [0.25, 0.3) is 11.3 Å². The molecule has 23 heavy (non-hydrogen) atoms. The summed E-state index contributed by atoms with van der Waals surface area (Å²) in [6.45, 7) is 6.81. The average molecular weight is 308 g/mol. The lowest BCUT2D eigenvalue weighted by atomic mass is 10.0. The van der Waals surface area contributed by atoms with Crippen molar-refractivity contribution in [3.63, 3.8) is 0 Å². The molecular formula is C18H20N4O.